The minimum atomic E-state index is -0.686. The highest BCUT2D eigenvalue weighted by atomic mass is 16.6. The first kappa shape index (κ1) is 18.9. The average Bonchev–Trinajstić information content (AvgIpc) is 2.72. The van der Waals surface area contributed by atoms with Gasteiger partial charge in [-0.3, -0.25) is 4.79 Å². The van der Waals surface area contributed by atoms with Gasteiger partial charge in [0.1, 0.15) is 19.4 Å². The second-order valence-corrected chi connectivity index (χ2v) is 5.65. The molecular formula is C18H16N4O6. The van der Waals surface area contributed by atoms with E-state index >= 15 is 0 Å². The summed E-state index contributed by atoms with van der Waals surface area (Å²) in [5.74, 6) is 0.0266. The number of pyridine rings is 1. The zero-order chi connectivity index (χ0) is 19.9. The fourth-order valence-corrected chi connectivity index (χ4v) is 2.61. The summed E-state index contributed by atoms with van der Waals surface area (Å²) in [7, 11) is 0. The highest BCUT2D eigenvalue weighted by Gasteiger charge is 2.22. The number of fused-ring (bicyclic) bond motifs is 1. The van der Waals surface area contributed by atoms with Crippen LogP contribution in [0.2, 0.25) is 0 Å². The molecule has 0 N–H and O–H groups in total. The van der Waals surface area contributed by atoms with E-state index < -0.39 is 23.3 Å². The Morgan fingerprint density at radius 2 is 2.11 bits per heavy atom. The fraction of sp³-hybridized carbons (Fsp3) is 0.278. The van der Waals surface area contributed by atoms with Gasteiger partial charge in [-0.15, -0.1) is 0 Å². The molecule has 2 heterocycles. The third-order valence-electron chi connectivity index (χ3n) is 3.86. The summed E-state index contributed by atoms with van der Waals surface area (Å²) in [6.45, 7) is 0.525. The molecule has 0 atom stereocenters. The molecule has 1 aliphatic rings. The van der Waals surface area contributed by atoms with Crippen LogP contribution in [-0.2, 0) is 4.79 Å². The number of rotatable bonds is 7. The first-order valence-electron chi connectivity index (χ1n) is 8.39. The molecule has 3 rings (SSSR count). The molecule has 0 saturated heterocycles. The molecule has 0 saturated carbocycles. The van der Waals surface area contributed by atoms with Gasteiger partial charge in [0.25, 0.3) is 5.91 Å². The zero-order valence-corrected chi connectivity index (χ0v) is 14.7. The van der Waals surface area contributed by atoms with Crippen molar-refractivity contribution in [3.05, 3.63) is 46.6 Å². The third-order valence-corrected chi connectivity index (χ3v) is 3.86. The number of anilines is 1. The van der Waals surface area contributed by atoms with Crippen molar-refractivity contribution in [1.82, 2.24) is 4.98 Å². The minimum absolute atomic E-state index is 0.104. The number of hydrogen-bond acceptors (Lipinski definition) is 8. The number of carbonyl (C=O) groups excluding carboxylic acids is 1. The molecule has 0 radical (unpaired) electrons. The number of nitrogens with zero attached hydrogens (tertiary/aromatic N) is 4. The van der Waals surface area contributed by atoms with E-state index in [0.29, 0.717) is 30.4 Å². The standard InChI is InChI=1S/C18H16N4O6/c19-6-2-8-21(13-4-5-14-16(11-13)27-10-9-26-14)17(23)12-28-15-3-1-7-20-18(15)22(24)25/h1,3-5,7,11H,2,8-10,12H2. The van der Waals surface area contributed by atoms with E-state index in [0.717, 1.165) is 0 Å². The Morgan fingerprint density at radius 3 is 2.86 bits per heavy atom. The molecule has 0 unspecified atom stereocenters. The SMILES string of the molecule is N#CCCN(C(=O)COc1cccnc1[N+](=O)[O-])c1ccc2c(c1)OCCO2. The van der Waals surface area contributed by atoms with Gasteiger partial charge in [0.05, 0.1) is 12.5 Å². The molecule has 0 fully saturated rings. The summed E-state index contributed by atoms with van der Waals surface area (Å²) < 4.78 is 16.3. The van der Waals surface area contributed by atoms with Gasteiger partial charge in [-0.2, -0.15) is 5.26 Å². The second-order valence-electron chi connectivity index (χ2n) is 5.65. The molecule has 1 aromatic heterocycles. The molecule has 2 aromatic rings. The number of nitro groups is 1. The molecule has 1 aliphatic heterocycles. The Labute approximate surface area is 160 Å². The molecule has 0 aliphatic carbocycles. The topological polar surface area (TPSA) is 128 Å². The lowest BCUT2D eigenvalue weighted by atomic mass is 10.2. The van der Waals surface area contributed by atoms with Gasteiger partial charge in [0, 0.05) is 18.3 Å². The highest BCUT2D eigenvalue weighted by molar-refractivity contribution is 5.94. The minimum Gasteiger partial charge on any atom is -0.486 e. The van der Waals surface area contributed by atoms with Crippen molar-refractivity contribution in [2.75, 3.05) is 31.3 Å². The van der Waals surface area contributed by atoms with Crippen molar-refractivity contribution >= 4 is 17.4 Å². The monoisotopic (exact) mass is 384 g/mol. The van der Waals surface area contributed by atoms with Crippen LogP contribution in [0, 0.1) is 21.4 Å². The average molecular weight is 384 g/mol. The van der Waals surface area contributed by atoms with Crippen LogP contribution in [0.25, 0.3) is 0 Å². The van der Waals surface area contributed by atoms with Crippen molar-refractivity contribution in [3.63, 3.8) is 0 Å². The number of benzene rings is 1. The van der Waals surface area contributed by atoms with Gasteiger partial charge in [0.2, 0.25) is 5.75 Å². The van der Waals surface area contributed by atoms with Crippen LogP contribution in [-0.4, -0.2) is 42.2 Å². The first-order valence-corrected chi connectivity index (χ1v) is 8.39. The predicted molar refractivity (Wildman–Crippen MR) is 96.4 cm³/mol. The van der Waals surface area contributed by atoms with E-state index in [4.69, 9.17) is 19.5 Å². The van der Waals surface area contributed by atoms with Gasteiger partial charge in [-0.25, -0.2) is 0 Å². The normalized spacial score (nSPS) is 12.0. The molecule has 28 heavy (non-hydrogen) atoms. The van der Waals surface area contributed by atoms with Crippen LogP contribution >= 0.6 is 0 Å². The number of hydrogen-bond donors (Lipinski definition) is 0. The maximum atomic E-state index is 12.7. The van der Waals surface area contributed by atoms with Crippen LogP contribution in [0.3, 0.4) is 0 Å². The van der Waals surface area contributed by atoms with Gasteiger partial charge < -0.3 is 29.2 Å². The van der Waals surface area contributed by atoms with Crippen molar-refractivity contribution in [2.45, 2.75) is 6.42 Å². The second kappa shape index (κ2) is 8.68. The number of aromatic nitrogens is 1. The molecule has 10 nitrogen and oxygen atoms in total. The smallest absolute Gasteiger partial charge is 0.406 e. The van der Waals surface area contributed by atoms with Crippen LogP contribution in [0.5, 0.6) is 17.2 Å². The van der Waals surface area contributed by atoms with Crippen molar-refractivity contribution in [3.8, 4) is 23.3 Å². The predicted octanol–water partition coefficient (Wildman–Crippen LogP) is 2.09. The van der Waals surface area contributed by atoms with Gasteiger partial charge >= 0.3 is 5.82 Å². The van der Waals surface area contributed by atoms with E-state index in [1.165, 1.54) is 23.2 Å². The molecular weight excluding hydrogens is 368 g/mol. The molecule has 0 bridgehead atoms. The number of carbonyl (C=O) groups is 1. The molecule has 144 valence electrons. The lowest BCUT2D eigenvalue weighted by Gasteiger charge is -2.24. The van der Waals surface area contributed by atoms with E-state index in [1.54, 1.807) is 18.2 Å². The summed E-state index contributed by atoms with van der Waals surface area (Å²) in [6, 6.07) is 9.84. The van der Waals surface area contributed by atoms with Crippen LogP contribution < -0.4 is 19.1 Å². The molecule has 10 heteroatoms. The van der Waals surface area contributed by atoms with Crippen LogP contribution in [0.1, 0.15) is 6.42 Å². The van der Waals surface area contributed by atoms with Gasteiger partial charge in [0.15, 0.2) is 18.1 Å². The first-order chi connectivity index (χ1) is 13.6. The summed E-state index contributed by atoms with van der Waals surface area (Å²) in [5, 5.41) is 19.9. The number of nitriles is 1. The maximum absolute atomic E-state index is 12.7. The zero-order valence-electron chi connectivity index (χ0n) is 14.7. The van der Waals surface area contributed by atoms with E-state index in [-0.39, 0.29) is 18.7 Å². The number of amides is 1. The molecule has 0 spiro atoms. The Balaban J connectivity index is 1.77. The van der Waals surface area contributed by atoms with Gasteiger partial charge in [-0.05, 0) is 34.2 Å². The lowest BCUT2D eigenvalue weighted by molar-refractivity contribution is -0.390. The fourth-order valence-electron chi connectivity index (χ4n) is 2.61. The molecule has 1 aromatic carbocycles. The Kier molecular flexibility index (Phi) is 5.86. The summed E-state index contributed by atoms with van der Waals surface area (Å²) in [5.41, 5.74) is 0.508. The van der Waals surface area contributed by atoms with Crippen molar-refractivity contribution < 1.29 is 23.9 Å². The quantitative estimate of drug-likeness (QED) is 0.524. The Bertz CT molecular complexity index is 927. The summed E-state index contributed by atoms with van der Waals surface area (Å²) in [6.07, 6.45) is 1.37. The van der Waals surface area contributed by atoms with Crippen LogP contribution in [0.4, 0.5) is 11.5 Å². The van der Waals surface area contributed by atoms with E-state index in [2.05, 4.69) is 4.98 Å². The van der Waals surface area contributed by atoms with Gasteiger partial charge in [-0.1, -0.05) is 0 Å². The maximum Gasteiger partial charge on any atom is 0.406 e. The Hall–Kier alpha value is -3.87. The summed E-state index contributed by atoms with van der Waals surface area (Å²) >= 11 is 0. The lowest BCUT2D eigenvalue weighted by Crippen LogP contribution is -2.36. The largest absolute Gasteiger partial charge is 0.486 e. The Morgan fingerprint density at radius 1 is 1.32 bits per heavy atom. The molecule has 1 amide bonds. The highest BCUT2D eigenvalue weighted by Crippen LogP contribution is 2.34. The van der Waals surface area contributed by atoms with Crippen molar-refractivity contribution in [1.29, 1.82) is 5.26 Å². The van der Waals surface area contributed by atoms with E-state index in [1.807, 2.05) is 6.07 Å². The summed E-state index contributed by atoms with van der Waals surface area (Å²) in [4.78, 5) is 28.0. The van der Waals surface area contributed by atoms with E-state index in [9.17, 15) is 14.9 Å². The van der Waals surface area contributed by atoms with Crippen molar-refractivity contribution in [2.24, 2.45) is 0 Å². The third kappa shape index (κ3) is 4.27. The number of ether oxygens (including phenoxy) is 3. The van der Waals surface area contributed by atoms with Crippen LogP contribution in [0.15, 0.2) is 36.5 Å².